The van der Waals surface area contributed by atoms with Crippen molar-refractivity contribution in [3.8, 4) is 6.07 Å². The van der Waals surface area contributed by atoms with E-state index in [1.165, 1.54) is 11.3 Å². The fraction of sp³-hybridized carbons (Fsp3) is 0.167. The van der Waals surface area contributed by atoms with Crippen molar-refractivity contribution in [3.63, 3.8) is 0 Å². The Hall–Kier alpha value is -3.11. The van der Waals surface area contributed by atoms with Crippen LogP contribution in [0.5, 0.6) is 0 Å². The summed E-state index contributed by atoms with van der Waals surface area (Å²) < 4.78 is 5.00. The lowest BCUT2D eigenvalue weighted by Gasteiger charge is -2.05. The highest BCUT2D eigenvalue weighted by molar-refractivity contribution is 7.14. The number of ether oxygens (including phenoxy) is 1. The van der Waals surface area contributed by atoms with Crippen LogP contribution in [-0.2, 0) is 20.7 Å². The van der Waals surface area contributed by atoms with Gasteiger partial charge in [0.15, 0.2) is 6.61 Å². The molecule has 25 heavy (non-hydrogen) atoms. The summed E-state index contributed by atoms with van der Waals surface area (Å²) in [6.07, 6.45) is 2.61. The molecule has 7 heteroatoms. The smallest absolute Gasteiger partial charge is 0.306 e. The second-order valence-electron chi connectivity index (χ2n) is 5.34. The Labute approximate surface area is 148 Å². The van der Waals surface area contributed by atoms with Crippen molar-refractivity contribution in [1.82, 2.24) is 4.98 Å². The number of thiophene rings is 1. The number of hydrogen-bond donors (Lipinski definition) is 2. The molecule has 0 bridgehead atoms. The molecule has 2 aromatic heterocycles. The molecule has 0 radical (unpaired) electrons. The van der Waals surface area contributed by atoms with Crippen LogP contribution >= 0.6 is 11.3 Å². The molecule has 0 fully saturated rings. The van der Waals surface area contributed by atoms with Crippen LogP contribution in [0, 0.1) is 11.3 Å². The molecule has 2 heterocycles. The number of carbonyl (C=O) groups is 2. The molecule has 3 rings (SSSR count). The minimum Gasteiger partial charge on any atom is -0.456 e. The Kier molecular flexibility index (Phi) is 5.11. The monoisotopic (exact) mass is 353 g/mol. The van der Waals surface area contributed by atoms with E-state index in [9.17, 15) is 9.59 Å². The van der Waals surface area contributed by atoms with Crippen LogP contribution in [0.15, 0.2) is 41.9 Å². The van der Waals surface area contributed by atoms with Gasteiger partial charge in [-0.2, -0.15) is 5.26 Å². The lowest BCUT2D eigenvalue weighted by atomic mass is 10.1. The Morgan fingerprint density at radius 1 is 1.28 bits per heavy atom. The van der Waals surface area contributed by atoms with Gasteiger partial charge >= 0.3 is 5.97 Å². The number of aromatic amines is 1. The topological polar surface area (TPSA) is 95.0 Å². The van der Waals surface area contributed by atoms with E-state index < -0.39 is 11.9 Å². The van der Waals surface area contributed by atoms with E-state index in [-0.39, 0.29) is 13.0 Å². The van der Waals surface area contributed by atoms with Crippen LogP contribution in [0.4, 0.5) is 5.00 Å². The van der Waals surface area contributed by atoms with Gasteiger partial charge in [-0.1, -0.05) is 18.2 Å². The van der Waals surface area contributed by atoms with Gasteiger partial charge in [0.25, 0.3) is 5.91 Å². The molecule has 0 unspecified atom stereocenters. The Balaban J connectivity index is 1.47. The van der Waals surface area contributed by atoms with Gasteiger partial charge in [-0.25, -0.2) is 0 Å². The molecule has 0 aliphatic rings. The lowest BCUT2D eigenvalue weighted by molar-refractivity contribution is -0.147. The first-order chi connectivity index (χ1) is 12.2. The number of nitriles is 1. The number of fused-ring (bicyclic) bond motifs is 1. The molecule has 3 aromatic rings. The van der Waals surface area contributed by atoms with Crippen LogP contribution in [0.3, 0.4) is 0 Å². The first-order valence-electron chi connectivity index (χ1n) is 7.65. The molecular formula is C18H15N3O3S. The molecule has 0 atom stereocenters. The number of rotatable bonds is 6. The van der Waals surface area contributed by atoms with Crippen molar-refractivity contribution in [1.29, 1.82) is 5.26 Å². The van der Waals surface area contributed by atoms with Gasteiger partial charge in [0.05, 0.1) is 5.56 Å². The van der Waals surface area contributed by atoms with E-state index in [1.807, 2.05) is 36.5 Å². The first kappa shape index (κ1) is 16.7. The number of esters is 1. The number of anilines is 1. The fourth-order valence-electron chi connectivity index (χ4n) is 2.45. The molecule has 0 saturated heterocycles. The van der Waals surface area contributed by atoms with Gasteiger partial charge in [0, 0.05) is 23.5 Å². The SMILES string of the molecule is N#Cc1ccsc1NC(=O)COC(=O)CCc1c[nH]c2ccccc12. The number of aryl methyl sites for hydroxylation is 1. The largest absolute Gasteiger partial charge is 0.456 e. The predicted octanol–water partition coefficient (Wildman–Crippen LogP) is 3.22. The van der Waals surface area contributed by atoms with E-state index in [0.717, 1.165) is 16.5 Å². The highest BCUT2D eigenvalue weighted by Gasteiger charge is 2.12. The van der Waals surface area contributed by atoms with Gasteiger partial charge in [-0.15, -0.1) is 11.3 Å². The third-order valence-electron chi connectivity index (χ3n) is 3.68. The summed E-state index contributed by atoms with van der Waals surface area (Å²) >= 11 is 1.25. The zero-order valence-corrected chi connectivity index (χ0v) is 14.1. The third kappa shape index (κ3) is 4.05. The number of H-pyrrole nitrogens is 1. The van der Waals surface area contributed by atoms with E-state index in [4.69, 9.17) is 10.00 Å². The van der Waals surface area contributed by atoms with Gasteiger partial charge in [-0.3, -0.25) is 9.59 Å². The highest BCUT2D eigenvalue weighted by atomic mass is 32.1. The maximum absolute atomic E-state index is 11.8. The average molecular weight is 353 g/mol. The zero-order chi connectivity index (χ0) is 17.6. The molecule has 0 aliphatic carbocycles. The van der Waals surface area contributed by atoms with Crippen molar-refractivity contribution in [3.05, 3.63) is 53.0 Å². The highest BCUT2D eigenvalue weighted by Crippen LogP contribution is 2.22. The molecule has 1 aromatic carbocycles. The van der Waals surface area contributed by atoms with Crippen molar-refractivity contribution in [2.24, 2.45) is 0 Å². The van der Waals surface area contributed by atoms with Crippen molar-refractivity contribution < 1.29 is 14.3 Å². The molecule has 0 aliphatic heterocycles. The van der Waals surface area contributed by atoms with Gasteiger partial charge in [0.1, 0.15) is 11.1 Å². The van der Waals surface area contributed by atoms with Crippen LogP contribution in [-0.4, -0.2) is 23.5 Å². The van der Waals surface area contributed by atoms with Crippen molar-refractivity contribution >= 4 is 39.1 Å². The van der Waals surface area contributed by atoms with Gasteiger partial charge in [-0.05, 0) is 29.5 Å². The maximum Gasteiger partial charge on any atom is 0.306 e. The number of hydrogen-bond acceptors (Lipinski definition) is 5. The molecule has 1 amide bonds. The molecule has 2 N–H and O–H groups in total. The number of aromatic nitrogens is 1. The van der Waals surface area contributed by atoms with Gasteiger partial charge in [0.2, 0.25) is 0 Å². The second kappa shape index (κ2) is 7.64. The molecule has 126 valence electrons. The third-order valence-corrected chi connectivity index (χ3v) is 4.51. The minimum absolute atomic E-state index is 0.192. The van der Waals surface area contributed by atoms with E-state index >= 15 is 0 Å². The van der Waals surface area contributed by atoms with Crippen molar-refractivity contribution in [2.75, 3.05) is 11.9 Å². The molecular weight excluding hydrogens is 338 g/mol. The summed E-state index contributed by atoms with van der Waals surface area (Å²) in [5.74, 6) is -0.897. The summed E-state index contributed by atoms with van der Waals surface area (Å²) in [5.41, 5.74) is 2.45. The Morgan fingerprint density at radius 2 is 2.12 bits per heavy atom. The summed E-state index contributed by atoms with van der Waals surface area (Å²) in [5, 5.41) is 14.7. The number of nitrogens with one attached hydrogen (secondary N) is 2. The zero-order valence-electron chi connectivity index (χ0n) is 13.2. The van der Waals surface area contributed by atoms with E-state index in [0.29, 0.717) is 17.0 Å². The number of carbonyl (C=O) groups excluding carboxylic acids is 2. The Morgan fingerprint density at radius 3 is 2.96 bits per heavy atom. The normalized spacial score (nSPS) is 10.4. The fourth-order valence-corrected chi connectivity index (χ4v) is 3.20. The average Bonchev–Trinajstić information content (AvgIpc) is 3.24. The maximum atomic E-state index is 11.8. The van der Waals surface area contributed by atoms with E-state index in [2.05, 4.69) is 10.3 Å². The summed E-state index contributed by atoms with van der Waals surface area (Å²) in [7, 11) is 0. The number of nitrogens with zero attached hydrogens (tertiary/aromatic N) is 1. The minimum atomic E-state index is -0.459. The molecule has 0 saturated carbocycles. The quantitative estimate of drug-likeness (QED) is 0.665. The summed E-state index contributed by atoms with van der Waals surface area (Å²) in [4.78, 5) is 26.8. The van der Waals surface area contributed by atoms with Crippen LogP contribution < -0.4 is 5.32 Å². The number of benzene rings is 1. The standard InChI is InChI=1S/C18H15N3O3S/c19-9-12-7-8-25-18(12)21-16(22)11-24-17(23)6-5-13-10-20-15-4-2-1-3-14(13)15/h1-4,7-8,10,20H,5-6,11H2,(H,21,22). The van der Waals surface area contributed by atoms with E-state index in [1.54, 1.807) is 11.4 Å². The Bertz CT molecular complexity index is 952. The molecule has 6 nitrogen and oxygen atoms in total. The predicted molar refractivity (Wildman–Crippen MR) is 95.2 cm³/mol. The number of para-hydroxylation sites is 1. The lowest BCUT2D eigenvalue weighted by Crippen LogP contribution is -2.20. The number of amides is 1. The van der Waals surface area contributed by atoms with Crippen LogP contribution in [0.25, 0.3) is 10.9 Å². The second-order valence-corrected chi connectivity index (χ2v) is 6.26. The van der Waals surface area contributed by atoms with Crippen molar-refractivity contribution in [2.45, 2.75) is 12.8 Å². The van der Waals surface area contributed by atoms with Crippen LogP contribution in [0.2, 0.25) is 0 Å². The first-order valence-corrected chi connectivity index (χ1v) is 8.53. The van der Waals surface area contributed by atoms with Gasteiger partial charge < -0.3 is 15.0 Å². The molecule has 0 spiro atoms. The summed E-state index contributed by atoms with van der Waals surface area (Å²) in [6, 6.07) is 11.5. The van der Waals surface area contributed by atoms with Crippen LogP contribution in [0.1, 0.15) is 17.5 Å². The summed E-state index contributed by atoms with van der Waals surface area (Å²) in [6.45, 7) is -0.366.